The number of alkyl carbamates (subject to hydrolysis) is 2. The predicted molar refractivity (Wildman–Crippen MR) is 159 cm³/mol. The first kappa shape index (κ1) is 30.3. The minimum Gasteiger partial charge on any atom is -0.445 e. The number of nitrogens with one attached hydrogen (secondary N) is 2. The van der Waals surface area contributed by atoms with E-state index in [0.717, 1.165) is 22.3 Å². The van der Waals surface area contributed by atoms with Gasteiger partial charge in [-0.3, -0.25) is 0 Å². The molecule has 4 rings (SSSR count). The number of amides is 2. The van der Waals surface area contributed by atoms with Crippen LogP contribution in [0.5, 0.6) is 0 Å². The largest absolute Gasteiger partial charge is 0.445 e. The molecule has 0 fully saturated rings. The van der Waals surface area contributed by atoms with Gasteiger partial charge in [0.25, 0.3) is 0 Å². The molecule has 4 atom stereocenters. The highest BCUT2D eigenvalue weighted by Crippen LogP contribution is 2.16. The van der Waals surface area contributed by atoms with Crippen molar-refractivity contribution in [3.63, 3.8) is 0 Å². The molecule has 0 radical (unpaired) electrons. The van der Waals surface area contributed by atoms with Gasteiger partial charge in [0.2, 0.25) is 0 Å². The molecule has 0 heterocycles. The van der Waals surface area contributed by atoms with E-state index in [1.807, 2.05) is 121 Å². The van der Waals surface area contributed by atoms with Crippen LogP contribution < -0.4 is 10.6 Å². The second-order valence-corrected chi connectivity index (χ2v) is 9.99. The second kappa shape index (κ2) is 16.0. The number of hydrogen-bond donors (Lipinski definition) is 4. The zero-order valence-corrected chi connectivity index (χ0v) is 23.2. The summed E-state index contributed by atoms with van der Waals surface area (Å²) in [5.41, 5.74) is 3.31. The lowest BCUT2D eigenvalue weighted by atomic mass is 9.91. The number of aliphatic hydroxyl groups is 2. The van der Waals surface area contributed by atoms with E-state index in [2.05, 4.69) is 10.6 Å². The van der Waals surface area contributed by atoms with Crippen molar-refractivity contribution in [2.45, 2.75) is 50.3 Å². The number of benzene rings is 4. The van der Waals surface area contributed by atoms with E-state index >= 15 is 0 Å². The van der Waals surface area contributed by atoms with Gasteiger partial charge in [-0.2, -0.15) is 0 Å². The van der Waals surface area contributed by atoms with Crippen LogP contribution in [-0.2, 0) is 35.5 Å². The van der Waals surface area contributed by atoms with E-state index in [-0.39, 0.29) is 26.1 Å². The number of carbonyl (C=O) groups excluding carboxylic acids is 2. The lowest BCUT2D eigenvalue weighted by Crippen LogP contribution is -2.57. The van der Waals surface area contributed by atoms with Crippen molar-refractivity contribution in [1.29, 1.82) is 0 Å². The van der Waals surface area contributed by atoms with Crippen LogP contribution in [0, 0.1) is 0 Å². The number of rotatable bonds is 13. The fraction of sp³-hybridized carbons (Fsp3) is 0.235. The van der Waals surface area contributed by atoms with Crippen molar-refractivity contribution in [2.75, 3.05) is 0 Å². The van der Waals surface area contributed by atoms with Gasteiger partial charge in [0.1, 0.15) is 25.4 Å². The molecule has 4 aromatic carbocycles. The van der Waals surface area contributed by atoms with Crippen molar-refractivity contribution in [3.8, 4) is 0 Å². The summed E-state index contributed by atoms with van der Waals surface area (Å²) in [7, 11) is 0. The average Bonchev–Trinajstić information content (AvgIpc) is 3.03. The monoisotopic (exact) mass is 568 g/mol. The first-order valence-corrected chi connectivity index (χ1v) is 13.9. The van der Waals surface area contributed by atoms with Gasteiger partial charge in [0, 0.05) is 0 Å². The first-order valence-electron chi connectivity index (χ1n) is 13.9. The Bertz CT molecular complexity index is 1250. The van der Waals surface area contributed by atoms with Gasteiger partial charge in [-0.15, -0.1) is 0 Å². The fourth-order valence-electron chi connectivity index (χ4n) is 4.56. The van der Waals surface area contributed by atoms with Crippen LogP contribution >= 0.6 is 0 Å². The molecule has 1 unspecified atom stereocenters. The molecular weight excluding hydrogens is 532 g/mol. The molecule has 0 aliphatic heterocycles. The number of hydrogen-bond acceptors (Lipinski definition) is 6. The van der Waals surface area contributed by atoms with E-state index in [0.29, 0.717) is 0 Å². The Morgan fingerprint density at radius 1 is 0.500 bits per heavy atom. The summed E-state index contributed by atoms with van der Waals surface area (Å²) >= 11 is 0. The van der Waals surface area contributed by atoms with E-state index in [1.165, 1.54) is 0 Å². The van der Waals surface area contributed by atoms with Crippen LogP contribution in [0.3, 0.4) is 0 Å². The van der Waals surface area contributed by atoms with E-state index in [1.54, 1.807) is 0 Å². The molecule has 8 heteroatoms. The minimum atomic E-state index is -1.46. The van der Waals surface area contributed by atoms with Crippen LogP contribution in [0.25, 0.3) is 0 Å². The summed E-state index contributed by atoms with van der Waals surface area (Å²) in [5, 5.41) is 28.3. The molecule has 8 nitrogen and oxygen atoms in total. The molecule has 218 valence electrons. The Morgan fingerprint density at radius 2 is 0.786 bits per heavy atom. The molecule has 0 spiro atoms. The van der Waals surface area contributed by atoms with Gasteiger partial charge < -0.3 is 30.3 Å². The molecule has 0 saturated carbocycles. The molecule has 0 bridgehead atoms. The average molecular weight is 569 g/mol. The van der Waals surface area contributed by atoms with Gasteiger partial charge in [-0.25, -0.2) is 9.59 Å². The van der Waals surface area contributed by atoms with Crippen LogP contribution in [0.4, 0.5) is 9.59 Å². The highest BCUT2D eigenvalue weighted by atomic mass is 16.6. The standard InChI is InChI=1S/C34H36N2O6/c37-31(29(21-25-13-5-1-6-14-25)35-33(39)41-23-27-17-9-3-10-18-27)32(38)30(22-26-15-7-2-8-16-26)36-34(40)42-24-28-19-11-4-12-20-28/h1-20,29-32,37-38H,21-24H2,(H,35,39)(H,36,40)/t29-,30?,31+,32+/m0/s1. The maximum Gasteiger partial charge on any atom is 0.407 e. The smallest absolute Gasteiger partial charge is 0.407 e. The molecular formula is C34H36N2O6. The third kappa shape index (κ3) is 9.76. The van der Waals surface area contributed by atoms with Crippen LogP contribution in [-0.4, -0.2) is 46.7 Å². The fourth-order valence-corrected chi connectivity index (χ4v) is 4.56. The summed E-state index contributed by atoms with van der Waals surface area (Å²) in [6.07, 6.45) is -3.96. The Labute approximate surface area is 245 Å². The summed E-state index contributed by atoms with van der Waals surface area (Å²) < 4.78 is 10.8. The lowest BCUT2D eigenvalue weighted by Gasteiger charge is -2.32. The van der Waals surface area contributed by atoms with Crippen molar-refractivity contribution < 1.29 is 29.3 Å². The third-order valence-electron chi connectivity index (χ3n) is 6.80. The number of carbonyl (C=O) groups is 2. The van der Waals surface area contributed by atoms with E-state index in [4.69, 9.17) is 9.47 Å². The Kier molecular flexibility index (Phi) is 11.5. The maximum atomic E-state index is 12.8. The summed E-state index contributed by atoms with van der Waals surface area (Å²) in [4.78, 5) is 25.6. The van der Waals surface area contributed by atoms with Crippen molar-refractivity contribution in [1.82, 2.24) is 10.6 Å². The minimum absolute atomic E-state index is 0.0504. The zero-order chi connectivity index (χ0) is 29.6. The van der Waals surface area contributed by atoms with Crippen molar-refractivity contribution >= 4 is 12.2 Å². The van der Waals surface area contributed by atoms with Gasteiger partial charge in [0.05, 0.1) is 12.1 Å². The molecule has 0 aromatic heterocycles. The molecule has 4 N–H and O–H groups in total. The molecule has 0 aliphatic rings. The van der Waals surface area contributed by atoms with E-state index < -0.39 is 36.5 Å². The van der Waals surface area contributed by atoms with E-state index in [9.17, 15) is 19.8 Å². The quantitative estimate of drug-likeness (QED) is 0.184. The summed E-state index contributed by atoms with van der Waals surface area (Å²) in [6.45, 7) is 0.101. The van der Waals surface area contributed by atoms with Gasteiger partial charge in [-0.1, -0.05) is 121 Å². The first-order chi connectivity index (χ1) is 20.5. The summed E-state index contributed by atoms with van der Waals surface area (Å²) in [6, 6.07) is 35.2. The molecule has 0 aliphatic carbocycles. The third-order valence-corrected chi connectivity index (χ3v) is 6.80. The predicted octanol–water partition coefficient (Wildman–Crippen LogP) is 4.78. The number of aliphatic hydroxyl groups excluding tert-OH is 2. The van der Waals surface area contributed by atoms with Crippen molar-refractivity contribution in [2.24, 2.45) is 0 Å². The highest BCUT2D eigenvalue weighted by Gasteiger charge is 2.35. The maximum absolute atomic E-state index is 12.8. The second-order valence-electron chi connectivity index (χ2n) is 9.99. The highest BCUT2D eigenvalue weighted by molar-refractivity contribution is 5.68. The lowest BCUT2D eigenvalue weighted by molar-refractivity contribution is -0.0240. The van der Waals surface area contributed by atoms with Gasteiger partial charge in [0.15, 0.2) is 0 Å². The molecule has 4 aromatic rings. The normalized spacial score (nSPS) is 13.7. The van der Waals surface area contributed by atoms with Crippen molar-refractivity contribution in [3.05, 3.63) is 144 Å². The Balaban J connectivity index is 1.48. The zero-order valence-electron chi connectivity index (χ0n) is 23.2. The summed E-state index contributed by atoms with van der Waals surface area (Å²) in [5.74, 6) is 0. The molecule has 42 heavy (non-hydrogen) atoms. The van der Waals surface area contributed by atoms with Crippen LogP contribution in [0.15, 0.2) is 121 Å². The van der Waals surface area contributed by atoms with Gasteiger partial charge in [-0.05, 0) is 35.1 Å². The Hall–Kier alpha value is -4.66. The number of ether oxygens (including phenoxy) is 2. The van der Waals surface area contributed by atoms with Crippen LogP contribution in [0.2, 0.25) is 0 Å². The Morgan fingerprint density at radius 3 is 1.10 bits per heavy atom. The van der Waals surface area contributed by atoms with Crippen LogP contribution in [0.1, 0.15) is 22.3 Å². The molecule has 0 saturated heterocycles. The topological polar surface area (TPSA) is 117 Å². The van der Waals surface area contributed by atoms with Gasteiger partial charge >= 0.3 is 12.2 Å². The SMILES string of the molecule is O=C(NC(Cc1ccccc1)[C@@H](O)[C@H](O)[C@H](Cc1ccccc1)NC(=O)OCc1ccccc1)OCc1ccccc1. The molecule has 2 amide bonds.